The van der Waals surface area contributed by atoms with E-state index in [1.165, 1.54) is 17.8 Å². The predicted octanol–water partition coefficient (Wildman–Crippen LogP) is 5.31. The van der Waals surface area contributed by atoms with Gasteiger partial charge in [-0.15, -0.1) is 10.2 Å². The fourth-order valence-corrected chi connectivity index (χ4v) is 6.18. The third kappa shape index (κ3) is 5.31. The van der Waals surface area contributed by atoms with Gasteiger partial charge in [0, 0.05) is 37.1 Å². The van der Waals surface area contributed by atoms with Crippen LogP contribution in [0.1, 0.15) is 18.1 Å². The molecule has 0 spiro atoms. The van der Waals surface area contributed by atoms with Crippen LogP contribution in [0.15, 0.2) is 71.9 Å². The molecule has 3 heterocycles. The summed E-state index contributed by atoms with van der Waals surface area (Å²) in [4.78, 5) is 22.4. The van der Waals surface area contributed by atoms with E-state index in [0.29, 0.717) is 41.5 Å². The lowest BCUT2D eigenvalue weighted by Crippen LogP contribution is -2.50. The molecule has 10 heteroatoms. The largest absolute Gasteiger partial charge is 0.495 e. The molecule has 1 amide bonds. The van der Waals surface area contributed by atoms with Crippen LogP contribution >= 0.6 is 11.8 Å². The number of hydrogen-bond acceptors (Lipinski definition) is 7. The lowest BCUT2D eigenvalue weighted by Gasteiger charge is -2.37. The summed E-state index contributed by atoms with van der Waals surface area (Å²) in [5, 5.41) is 9.86. The van der Waals surface area contributed by atoms with Crippen molar-refractivity contribution in [1.29, 1.82) is 0 Å². The molecular formula is C31H31FN6O2S. The summed E-state index contributed by atoms with van der Waals surface area (Å²) in [5.74, 6) is 0.607. The highest BCUT2D eigenvalue weighted by molar-refractivity contribution is 8.00. The van der Waals surface area contributed by atoms with Crippen LogP contribution in [0.5, 0.6) is 5.75 Å². The van der Waals surface area contributed by atoms with Crippen LogP contribution in [-0.4, -0.2) is 69.1 Å². The average Bonchev–Trinajstić information content (AvgIpc) is 3.29. The summed E-state index contributed by atoms with van der Waals surface area (Å²) >= 11 is 1.30. The third-order valence-corrected chi connectivity index (χ3v) is 8.47. The highest BCUT2D eigenvalue weighted by Crippen LogP contribution is 2.31. The van der Waals surface area contributed by atoms with Gasteiger partial charge in [0.25, 0.3) is 0 Å². The first-order chi connectivity index (χ1) is 19.9. The van der Waals surface area contributed by atoms with Crippen molar-refractivity contribution >= 4 is 45.4 Å². The zero-order chi connectivity index (χ0) is 28.5. The molecule has 0 radical (unpaired) electrons. The number of nitrogens with zero attached hydrogens (tertiary/aromatic N) is 6. The molecule has 0 N–H and O–H groups in total. The number of amides is 1. The van der Waals surface area contributed by atoms with Crippen LogP contribution in [-0.2, 0) is 11.3 Å². The van der Waals surface area contributed by atoms with Crippen molar-refractivity contribution < 1.29 is 13.9 Å². The first kappa shape index (κ1) is 27.0. The number of carbonyl (C=O) groups excluding carboxylic acids is 1. The minimum Gasteiger partial charge on any atom is -0.495 e. The van der Waals surface area contributed by atoms with Crippen LogP contribution < -0.4 is 9.64 Å². The Hall–Kier alpha value is -4.18. The van der Waals surface area contributed by atoms with E-state index in [0.717, 1.165) is 41.0 Å². The molecule has 0 saturated carbocycles. The second-order valence-corrected chi connectivity index (χ2v) is 11.5. The summed E-state index contributed by atoms with van der Waals surface area (Å²) in [6.07, 6.45) is 0. The Kier molecular flexibility index (Phi) is 7.49. The molecule has 210 valence electrons. The number of aryl methyl sites for hydroxylation is 1. The van der Waals surface area contributed by atoms with Gasteiger partial charge in [-0.25, -0.2) is 9.37 Å². The van der Waals surface area contributed by atoms with E-state index in [4.69, 9.17) is 9.72 Å². The van der Waals surface area contributed by atoms with Gasteiger partial charge in [0.05, 0.1) is 30.1 Å². The lowest BCUT2D eigenvalue weighted by atomic mass is 10.1. The van der Waals surface area contributed by atoms with Gasteiger partial charge >= 0.3 is 0 Å². The number of benzene rings is 3. The monoisotopic (exact) mass is 570 g/mol. The Morgan fingerprint density at radius 1 is 1.02 bits per heavy atom. The van der Waals surface area contributed by atoms with Crippen molar-refractivity contribution in [2.75, 3.05) is 38.2 Å². The van der Waals surface area contributed by atoms with Crippen molar-refractivity contribution in [3.8, 4) is 5.75 Å². The fourth-order valence-electron chi connectivity index (χ4n) is 5.39. The van der Waals surface area contributed by atoms with Gasteiger partial charge in [0.15, 0.2) is 5.65 Å². The zero-order valence-electron chi connectivity index (χ0n) is 23.2. The first-order valence-corrected chi connectivity index (χ1v) is 14.5. The summed E-state index contributed by atoms with van der Waals surface area (Å²) in [6, 6.07) is 20.8. The SMILES string of the molecule is COc1ccccc1N1CCN(C(=O)C(C)Sc2nnc3c4cc(C)ccc4n(Cc4ccccc4F)c3n2)CC1. The average molecular weight is 571 g/mol. The molecule has 1 atom stereocenters. The van der Waals surface area contributed by atoms with Crippen LogP contribution in [0.2, 0.25) is 0 Å². The normalized spacial score (nSPS) is 14.5. The van der Waals surface area contributed by atoms with E-state index in [2.05, 4.69) is 21.2 Å². The number of thioether (sulfide) groups is 1. The Labute approximate surface area is 242 Å². The first-order valence-electron chi connectivity index (χ1n) is 13.6. The standard InChI is InChI=1S/C31H31FN6O2S/c1-20-12-13-25-23(18-20)28-29(38(25)19-22-8-4-5-9-24(22)32)33-31(35-34-28)41-21(2)30(39)37-16-14-36(15-17-37)26-10-6-7-11-27(26)40-3/h4-13,18,21H,14-17,19H2,1-3H3. The number of piperazine rings is 1. The molecule has 1 aliphatic rings. The molecule has 1 saturated heterocycles. The van der Waals surface area contributed by atoms with Gasteiger partial charge in [-0.3, -0.25) is 4.79 Å². The fraction of sp³-hybridized carbons (Fsp3) is 0.290. The molecular weight excluding hydrogens is 539 g/mol. The van der Waals surface area contributed by atoms with E-state index in [1.54, 1.807) is 19.2 Å². The smallest absolute Gasteiger partial charge is 0.236 e. The Bertz CT molecular complexity index is 1730. The summed E-state index contributed by atoms with van der Waals surface area (Å²) in [6.45, 7) is 6.90. The molecule has 1 aliphatic heterocycles. The van der Waals surface area contributed by atoms with E-state index < -0.39 is 5.25 Å². The predicted molar refractivity (Wildman–Crippen MR) is 160 cm³/mol. The molecule has 5 aromatic rings. The molecule has 0 bridgehead atoms. The maximum atomic E-state index is 14.6. The minimum absolute atomic E-state index is 0.0425. The second-order valence-electron chi connectivity index (χ2n) is 10.2. The van der Waals surface area contributed by atoms with Gasteiger partial charge in [-0.2, -0.15) is 0 Å². The molecule has 2 aromatic heterocycles. The number of ether oxygens (including phenoxy) is 1. The summed E-state index contributed by atoms with van der Waals surface area (Å²) in [5.41, 5.74) is 4.89. The Morgan fingerprint density at radius 3 is 2.56 bits per heavy atom. The molecule has 1 unspecified atom stereocenters. The topological polar surface area (TPSA) is 76.4 Å². The minimum atomic E-state index is -0.390. The maximum absolute atomic E-state index is 14.6. The van der Waals surface area contributed by atoms with Gasteiger partial charge < -0.3 is 19.1 Å². The van der Waals surface area contributed by atoms with Crippen LogP contribution in [0, 0.1) is 12.7 Å². The van der Waals surface area contributed by atoms with Crippen LogP contribution in [0.4, 0.5) is 10.1 Å². The number of rotatable bonds is 7. The number of hydrogen-bond donors (Lipinski definition) is 0. The van der Waals surface area contributed by atoms with Gasteiger partial charge in [-0.05, 0) is 44.2 Å². The van der Waals surface area contributed by atoms with Crippen molar-refractivity contribution in [3.05, 3.63) is 83.7 Å². The van der Waals surface area contributed by atoms with E-state index >= 15 is 0 Å². The summed E-state index contributed by atoms with van der Waals surface area (Å²) in [7, 11) is 1.67. The highest BCUT2D eigenvalue weighted by Gasteiger charge is 2.28. The number of halogens is 1. The third-order valence-electron chi connectivity index (χ3n) is 7.54. The van der Waals surface area contributed by atoms with Crippen molar-refractivity contribution in [2.45, 2.75) is 30.8 Å². The van der Waals surface area contributed by atoms with Gasteiger partial charge in [-0.1, -0.05) is 53.7 Å². The van der Waals surface area contributed by atoms with Gasteiger partial charge in [0.2, 0.25) is 11.1 Å². The quantitative estimate of drug-likeness (QED) is 0.245. The van der Waals surface area contributed by atoms with E-state index in [-0.39, 0.29) is 11.7 Å². The van der Waals surface area contributed by atoms with Crippen molar-refractivity contribution in [3.63, 3.8) is 0 Å². The molecule has 0 aliphatic carbocycles. The van der Waals surface area contributed by atoms with E-state index in [9.17, 15) is 9.18 Å². The summed E-state index contributed by atoms with van der Waals surface area (Å²) < 4.78 is 22.1. The molecule has 6 rings (SSSR count). The number of fused-ring (bicyclic) bond motifs is 3. The lowest BCUT2D eigenvalue weighted by molar-refractivity contribution is -0.130. The van der Waals surface area contributed by atoms with Crippen LogP contribution in [0.3, 0.4) is 0 Å². The molecule has 8 nitrogen and oxygen atoms in total. The number of para-hydroxylation sites is 2. The number of carbonyl (C=O) groups is 1. The highest BCUT2D eigenvalue weighted by atomic mass is 32.2. The second kappa shape index (κ2) is 11.4. The number of aromatic nitrogens is 4. The van der Waals surface area contributed by atoms with Crippen molar-refractivity contribution in [1.82, 2.24) is 24.6 Å². The number of anilines is 1. The van der Waals surface area contributed by atoms with Gasteiger partial charge in [0.1, 0.15) is 17.1 Å². The Morgan fingerprint density at radius 2 is 1.78 bits per heavy atom. The number of methoxy groups -OCH3 is 1. The Balaban J connectivity index is 1.22. The van der Waals surface area contributed by atoms with Crippen molar-refractivity contribution in [2.24, 2.45) is 0 Å². The maximum Gasteiger partial charge on any atom is 0.236 e. The molecule has 41 heavy (non-hydrogen) atoms. The van der Waals surface area contributed by atoms with Crippen LogP contribution in [0.25, 0.3) is 22.1 Å². The zero-order valence-corrected chi connectivity index (χ0v) is 24.1. The molecule has 1 fully saturated rings. The molecule has 3 aromatic carbocycles. The van der Waals surface area contributed by atoms with E-state index in [1.807, 2.05) is 65.8 Å².